The molecule has 6 rings (SSSR count). The van der Waals surface area contributed by atoms with E-state index in [1.807, 2.05) is 24.5 Å². The molecule has 0 radical (unpaired) electrons. The summed E-state index contributed by atoms with van der Waals surface area (Å²) >= 11 is 0. The van der Waals surface area contributed by atoms with Crippen LogP contribution in [0.3, 0.4) is 0 Å². The van der Waals surface area contributed by atoms with Crippen molar-refractivity contribution in [2.24, 2.45) is 0 Å². The number of H-pyrrole nitrogens is 1. The number of halogens is 1. The number of aromatic nitrogens is 4. The summed E-state index contributed by atoms with van der Waals surface area (Å²) in [4.78, 5) is 16.5. The first-order valence-corrected chi connectivity index (χ1v) is 11.8. The van der Waals surface area contributed by atoms with E-state index in [1.165, 1.54) is 11.9 Å². The fourth-order valence-electron chi connectivity index (χ4n) is 4.60. The van der Waals surface area contributed by atoms with Gasteiger partial charge in [-0.05, 0) is 72.3 Å². The average Bonchev–Trinajstić information content (AvgIpc) is 3.34. The summed E-state index contributed by atoms with van der Waals surface area (Å²) < 4.78 is 20.9. The lowest BCUT2D eigenvalue weighted by Gasteiger charge is -2.18. The van der Waals surface area contributed by atoms with Gasteiger partial charge in [-0.3, -0.25) is 4.98 Å². The van der Waals surface area contributed by atoms with E-state index in [4.69, 9.17) is 4.74 Å². The summed E-state index contributed by atoms with van der Waals surface area (Å²) in [5, 5.41) is 4.03. The van der Waals surface area contributed by atoms with E-state index in [0.29, 0.717) is 23.5 Å². The highest BCUT2D eigenvalue weighted by Crippen LogP contribution is 2.36. The molecule has 4 heterocycles. The third-order valence-electron chi connectivity index (χ3n) is 6.42. The van der Waals surface area contributed by atoms with E-state index in [1.54, 1.807) is 12.1 Å². The van der Waals surface area contributed by atoms with Gasteiger partial charge in [-0.1, -0.05) is 30.3 Å². The Kier molecular flexibility index (Phi) is 5.68. The Morgan fingerprint density at radius 3 is 2.77 bits per heavy atom. The SMILES string of the molecule is Fc1cc2c(cc1Oc1ncnc3[nH]cc(-c4ccnc(CCc5ccccc5)c4)c13)CNCC2. The Morgan fingerprint density at radius 1 is 0.943 bits per heavy atom. The van der Waals surface area contributed by atoms with Crippen molar-refractivity contribution < 1.29 is 9.13 Å². The van der Waals surface area contributed by atoms with Crippen molar-refractivity contribution in [3.05, 3.63) is 102 Å². The van der Waals surface area contributed by atoms with Gasteiger partial charge in [-0.2, -0.15) is 0 Å². The molecule has 0 saturated heterocycles. The van der Waals surface area contributed by atoms with Gasteiger partial charge in [-0.15, -0.1) is 0 Å². The van der Waals surface area contributed by atoms with Crippen LogP contribution in [0.25, 0.3) is 22.2 Å². The van der Waals surface area contributed by atoms with Crippen LogP contribution in [0.5, 0.6) is 11.6 Å². The van der Waals surface area contributed by atoms with E-state index >= 15 is 0 Å². The first-order valence-electron chi connectivity index (χ1n) is 11.8. The lowest BCUT2D eigenvalue weighted by atomic mass is 10.0. The highest BCUT2D eigenvalue weighted by atomic mass is 19.1. The number of fused-ring (bicyclic) bond motifs is 2. The van der Waals surface area contributed by atoms with E-state index < -0.39 is 0 Å². The number of rotatable bonds is 6. The maximum Gasteiger partial charge on any atom is 0.232 e. The van der Waals surface area contributed by atoms with Crippen LogP contribution >= 0.6 is 0 Å². The van der Waals surface area contributed by atoms with Crippen LogP contribution in [-0.2, 0) is 25.8 Å². The predicted octanol–water partition coefficient (Wildman–Crippen LogP) is 5.38. The van der Waals surface area contributed by atoms with Crippen LogP contribution in [0.15, 0.2) is 73.3 Å². The molecular formula is C28H24FN5O. The minimum atomic E-state index is -0.387. The number of aryl methyl sites for hydroxylation is 2. The summed E-state index contributed by atoms with van der Waals surface area (Å²) in [6.45, 7) is 1.55. The first-order chi connectivity index (χ1) is 17.2. The van der Waals surface area contributed by atoms with Gasteiger partial charge in [0.15, 0.2) is 11.6 Å². The lowest BCUT2D eigenvalue weighted by molar-refractivity contribution is 0.429. The zero-order valence-corrected chi connectivity index (χ0v) is 19.1. The van der Waals surface area contributed by atoms with Gasteiger partial charge in [0, 0.05) is 30.2 Å². The highest BCUT2D eigenvalue weighted by molar-refractivity contribution is 5.97. The Morgan fingerprint density at radius 2 is 1.86 bits per heavy atom. The van der Waals surface area contributed by atoms with Crippen LogP contribution in [0.2, 0.25) is 0 Å². The number of aromatic amines is 1. The van der Waals surface area contributed by atoms with E-state index in [0.717, 1.165) is 53.8 Å². The van der Waals surface area contributed by atoms with Crippen LogP contribution in [0.4, 0.5) is 4.39 Å². The minimum absolute atomic E-state index is 0.165. The molecule has 174 valence electrons. The second-order valence-electron chi connectivity index (χ2n) is 8.71. The Labute approximate surface area is 202 Å². The normalized spacial score (nSPS) is 13.1. The summed E-state index contributed by atoms with van der Waals surface area (Å²) in [6.07, 6.45) is 7.67. The number of hydrogen-bond donors (Lipinski definition) is 2. The van der Waals surface area contributed by atoms with Gasteiger partial charge < -0.3 is 15.0 Å². The number of hydrogen-bond acceptors (Lipinski definition) is 5. The van der Waals surface area contributed by atoms with Crippen LogP contribution in [0.1, 0.15) is 22.4 Å². The van der Waals surface area contributed by atoms with Gasteiger partial charge in [0.2, 0.25) is 5.88 Å². The quantitative estimate of drug-likeness (QED) is 0.352. The van der Waals surface area contributed by atoms with Gasteiger partial charge in [0.1, 0.15) is 12.0 Å². The number of nitrogens with zero attached hydrogens (tertiary/aromatic N) is 3. The molecule has 0 spiro atoms. The van der Waals surface area contributed by atoms with E-state index in [9.17, 15) is 4.39 Å². The molecule has 2 aromatic carbocycles. The largest absolute Gasteiger partial charge is 0.435 e. The van der Waals surface area contributed by atoms with E-state index in [-0.39, 0.29) is 11.6 Å². The molecule has 3 aromatic heterocycles. The molecule has 1 aliphatic heterocycles. The maximum absolute atomic E-state index is 14.9. The van der Waals surface area contributed by atoms with Gasteiger partial charge in [-0.25, -0.2) is 14.4 Å². The monoisotopic (exact) mass is 465 g/mol. The summed E-state index contributed by atoms with van der Waals surface area (Å²) in [7, 11) is 0. The van der Waals surface area contributed by atoms with Crippen molar-refractivity contribution in [2.45, 2.75) is 25.8 Å². The highest BCUT2D eigenvalue weighted by Gasteiger charge is 2.19. The second-order valence-corrected chi connectivity index (χ2v) is 8.71. The van der Waals surface area contributed by atoms with Crippen LogP contribution < -0.4 is 10.1 Å². The topological polar surface area (TPSA) is 75.7 Å². The second kappa shape index (κ2) is 9.27. The summed E-state index contributed by atoms with van der Waals surface area (Å²) in [5.41, 5.74) is 6.83. The molecule has 35 heavy (non-hydrogen) atoms. The molecular weight excluding hydrogens is 441 g/mol. The molecule has 2 N–H and O–H groups in total. The van der Waals surface area contributed by atoms with Gasteiger partial charge >= 0.3 is 0 Å². The molecule has 0 bridgehead atoms. The third kappa shape index (κ3) is 4.38. The van der Waals surface area contributed by atoms with Crippen molar-refractivity contribution in [3.63, 3.8) is 0 Å². The molecule has 6 nitrogen and oxygen atoms in total. The van der Waals surface area contributed by atoms with Crippen molar-refractivity contribution in [3.8, 4) is 22.8 Å². The standard InChI is InChI=1S/C28H24FN5O/c29-24-13-19-8-10-30-15-21(19)14-25(24)35-28-26-23(16-32-27(26)33-17-34-28)20-9-11-31-22(12-20)7-6-18-4-2-1-3-5-18/h1-5,9,11-14,16-17,30H,6-8,10,15H2,(H,32,33,34). The number of pyridine rings is 1. The van der Waals surface area contributed by atoms with Crippen molar-refractivity contribution in [2.75, 3.05) is 6.54 Å². The number of nitrogens with one attached hydrogen (secondary N) is 2. The van der Waals surface area contributed by atoms with E-state index in [2.05, 4.69) is 55.6 Å². The molecule has 0 unspecified atom stereocenters. The Balaban J connectivity index is 1.33. The smallest absolute Gasteiger partial charge is 0.232 e. The van der Waals surface area contributed by atoms with Crippen LogP contribution in [-0.4, -0.2) is 26.5 Å². The molecule has 0 aliphatic carbocycles. The Hall–Kier alpha value is -4.10. The summed E-state index contributed by atoms with van der Waals surface area (Å²) in [5.74, 6) is 0.0935. The fraction of sp³-hybridized carbons (Fsp3) is 0.179. The molecule has 0 atom stereocenters. The maximum atomic E-state index is 14.9. The van der Waals surface area contributed by atoms with Gasteiger partial charge in [0.05, 0.1) is 5.39 Å². The molecule has 0 saturated carbocycles. The molecule has 0 fully saturated rings. The molecule has 0 amide bonds. The van der Waals surface area contributed by atoms with Gasteiger partial charge in [0.25, 0.3) is 0 Å². The lowest BCUT2D eigenvalue weighted by Crippen LogP contribution is -2.23. The zero-order chi connectivity index (χ0) is 23.6. The third-order valence-corrected chi connectivity index (χ3v) is 6.42. The van der Waals surface area contributed by atoms with Crippen molar-refractivity contribution in [1.82, 2.24) is 25.3 Å². The predicted molar refractivity (Wildman–Crippen MR) is 133 cm³/mol. The Bertz CT molecular complexity index is 1500. The molecule has 1 aliphatic rings. The molecule has 7 heteroatoms. The van der Waals surface area contributed by atoms with Crippen molar-refractivity contribution in [1.29, 1.82) is 0 Å². The first kappa shape index (κ1) is 21.4. The number of benzene rings is 2. The minimum Gasteiger partial charge on any atom is -0.435 e. The summed E-state index contributed by atoms with van der Waals surface area (Å²) in [6, 6.07) is 17.7. The average molecular weight is 466 g/mol. The zero-order valence-electron chi connectivity index (χ0n) is 19.1. The molecule has 5 aromatic rings. The fourth-order valence-corrected chi connectivity index (χ4v) is 4.60. The van der Waals surface area contributed by atoms with Crippen molar-refractivity contribution >= 4 is 11.0 Å². The van der Waals surface area contributed by atoms with Crippen LogP contribution in [0, 0.1) is 5.82 Å². The number of ether oxygens (including phenoxy) is 1.